The molecule has 2 nitrogen and oxygen atoms in total. The van der Waals surface area contributed by atoms with Gasteiger partial charge in [0.25, 0.3) is 5.91 Å². The SMILES string of the molecule is C=CCNC(=O)C(=C)C=C. The molecule has 0 aromatic heterocycles. The fourth-order valence-electron chi connectivity index (χ4n) is 0.371. The van der Waals surface area contributed by atoms with E-state index in [1.165, 1.54) is 6.08 Å². The summed E-state index contributed by atoms with van der Waals surface area (Å²) in [5.74, 6) is -0.199. The van der Waals surface area contributed by atoms with Crippen LogP contribution >= 0.6 is 0 Å². The van der Waals surface area contributed by atoms with Crippen LogP contribution in [0.15, 0.2) is 37.5 Å². The summed E-state index contributed by atoms with van der Waals surface area (Å²) in [6.07, 6.45) is 3.02. The van der Waals surface area contributed by atoms with Gasteiger partial charge in [-0.25, -0.2) is 0 Å². The van der Waals surface area contributed by atoms with Crippen LogP contribution in [0.3, 0.4) is 0 Å². The van der Waals surface area contributed by atoms with Crippen molar-refractivity contribution in [3.63, 3.8) is 0 Å². The monoisotopic (exact) mass is 137 g/mol. The summed E-state index contributed by atoms with van der Waals surface area (Å²) >= 11 is 0. The van der Waals surface area contributed by atoms with E-state index in [1.807, 2.05) is 0 Å². The van der Waals surface area contributed by atoms with Crippen molar-refractivity contribution in [2.45, 2.75) is 0 Å². The predicted octanol–water partition coefficient (Wildman–Crippen LogP) is 1.03. The highest BCUT2D eigenvalue weighted by atomic mass is 16.1. The van der Waals surface area contributed by atoms with Gasteiger partial charge in [-0.2, -0.15) is 0 Å². The molecule has 0 spiro atoms. The highest BCUT2D eigenvalue weighted by molar-refractivity contribution is 5.95. The normalized spacial score (nSPS) is 8.00. The molecule has 0 aromatic carbocycles. The minimum Gasteiger partial charge on any atom is -0.349 e. The molecule has 1 N–H and O–H groups in total. The first-order valence-corrected chi connectivity index (χ1v) is 2.92. The minimum absolute atomic E-state index is 0.199. The maximum absolute atomic E-state index is 10.8. The first-order chi connectivity index (χ1) is 4.72. The highest BCUT2D eigenvalue weighted by Gasteiger charge is 1.98. The Balaban J connectivity index is 3.73. The third kappa shape index (κ3) is 2.87. The van der Waals surface area contributed by atoms with Gasteiger partial charge < -0.3 is 5.32 Å². The molecule has 0 aliphatic heterocycles. The molecule has 0 aromatic rings. The number of nitrogens with one attached hydrogen (secondary N) is 1. The van der Waals surface area contributed by atoms with Gasteiger partial charge in [-0.15, -0.1) is 6.58 Å². The Bertz CT molecular complexity index is 170. The summed E-state index contributed by atoms with van der Waals surface area (Å²) in [6.45, 7) is 10.8. The van der Waals surface area contributed by atoms with Crippen molar-refractivity contribution in [2.75, 3.05) is 6.54 Å². The second-order valence-corrected chi connectivity index (χ2v) is 1.73. The topological polar surface area (TPSA) is 29.1 Å². The van der Waals surface area contributed by atoms with Gasteiger partial charge in [0, 0.05) is 12.1 Å². The van der Waals surface area contributed by atoms with Crippen LogP contribution in [0.5, 0.6) is 0 Å². The first kappa shape index (κ1) is 8.69. The maximum Gasteiger partial charge on any atom is 0.250 e. The van der Waals surface area contributed by atoms with Crippen molar-refractivity contribution in [3.05, 3.63) is 37.5 Å². The third-order valence-electron chi connectivity index (χ3n) is 0.945. The fraction of sp³-hybridized carbons (Fsp3) is 0.125. The van der Waals surface area contributed by atoms with Gasteiger partial charge in [0.2, 0.25) is 0 Å². The molecule has 0 unspecified atom stereocenters. The smallest absolute Gasteiger partial charge is 0.250 e. The lowest BCUT2D eigenvalue weighted by Crippen LogP contribution is -2.23. The van der Waals surface area contributed by atoms with Gasteiger partial charge in [-0.05, 0) is 0 Å². The van der Waals surface area contributed by atoms with Crippen LogP contribution in [-0.2, 0) is 4.79 Å². The van der Waals surface area contributed by atoms with Crippen molar-refractivity contribution >= 4 is 5.91 Å². The van der Waals surface area contributed by atoms with E-state index in [4.69, 9.17) is 0 Å². The highest BCUT2D eigenvalue weighted by Crippen LogP contribution is 1.88. The number of rotatable bonds is 4. The second-order valence-electron chi connectivity index (χ2n) is 1.73. The molecule has 0 aliphatic rings. The number of hydrogen-bond donors (Lipinski definition) is 1. The molecule has 0 atom stereocenters. The molecule has 54 valence electrons. The molecule has 0 aliphatic carbocycles. The van der Waals surface area contributed by atoms with E-state index in [9.17, 15) is 4.79 Å². The molecule has 0 saturated heterocycles. The Hall–Kier alpha value is -1.31. The molecule has 2 heteroatoms. The molecule has 0 saturated carbocycles. The van der Waals surface area contributed by atoms with Gasteiger partial charge in [-0.3, -0.25) is 4.79 Å². The van der Waals surface area contributed by atoms with E-state index in [2.05, 4.69) is 25.1 Å². The zero-order valence-electron chi connectivity index (χ0n) is 5.89. The van der Waals surface area contributed by atoms with Crippen molar-refractivity contribution in [1.29, 1.82) is 0 Å². The van der Waals surface area contributed by atoms with E-state index in [1.54, 1.807) is 6.08 Å². The lowest BCUT2D eigenvalue weighted by atomic mass is 10.3. The Morgan fingerprint density at radius 3 is 2.50 bits per heavy atom. The molecule has 0 bridgehead atoms. The number of carbonyl (C=O) groups is 1. The lowest BCUT2D eigenvalue weighted by Gasteiger charge is -1.98. The Morgan fingerprint density at radius 2 is 2.10 bits per heavy atom. The molecular weight excluding hydrogens is 126 g/mol. The molecule has 0 fully saturated rings. The average molecular weight is 137 g/mol. The van der Waals surface area contributed by atoms with Gasteiger partial charge in [0.15, 0.2) is 0 Å². The van der Waals surface area contributed by atoms with Gasteiger partial charge in [0.05, 0.1) is 0 Å². The molecule has 0 rings (SSSR count). The van der Waals surface area contributed by atoms with Gasteiger partial charge in [0.1, 0.15) is 0 Å². The summed E-state index contributed by atoms with van der Waals surface area (Å²) in [5.41, 5.74) is 0.377. The van der Waals surface area contributed by atoms with E-state index in [0.717, 1.165) is 0 Å². The van der Waals surface area contributed by atoms with Crippen molar-refractivity contribution in [3.8, 4) is 0 Å². The summed E-state index contributed by atoms with van der Waals surface area (Å²) in [5, 5.41) is 2.56. The van der Waals surface area contributed by atoms with Crippen LogP contribution in [0, 0.1) is 0 Å². The van der Waals surface area contributed by atoms with E-state index in [-0.39, 0.29) is 5.91 Å². The summed E-state index contributed by atoms with van der Waals surface area (Å²) in [6, 6.07) is 0. The average Bonchev–Trinajstić information content (AvgIpc) is 1.98. The standard InChI is InChI=1S/C8H11NO/c1-4-6-9-8(10)7(3)5-2/h4-5H,1-3,6H2,(H,9,10). The molecule has 10 heavy (non-hydrogen) atoms. The molecule has 0 radical (unpaired) electrons. The van der Waals surface area contributed by atoms with Crippen LogP contribution in [-0.4, -0.2) is 12.5 Å². The van der Waals surface area contributed by atoms with Crippen LogP contribution < -0.4 is 5.32 Å². The fourth-order valence-corrected chi connectivity index (χ4v) is 0.371. The molecule has 1 amide bonds. The van der Waals surface area contributed by atoms with E-state index >= 15 is 0 Å². The predicted molar refractivity (Wildman–Crippen MR) is 42.5 cm³/mol. The first-order valence-electron chi connectivity index (χ1n) is 2.92. The lowest BCUT2D eigenvalue weighted by molar-refractivity contribution is -0.116. The maximum atomic E-state index is 10.8. The zero-order valence-corrected chi connectivity index (χ0v) is 5.89. The van der Waals surface area contributed by atoms with E-state index < -0.39 is 0 Å². The second kappa shape index (κ2) is 4.56. The van der Waals surface area contributed by atoms with Crippen LogP contribution in [0.1, 0.15) is 0 Å². The van der Waals surface area contributed by atoms with Crippen LogP contribution in [0.2, 0.25) is 0 Å². The Kier molecular flexibility index (Phi) is 3.96. The van der Waals surface area contributed by atoms with Crippen molar-refractivity contribution in [2.24, 2.45) is 0 Å². The summed E-state index contributed by atoms with van der Waals surface area (Å²) in [7, 11) is 0. The van der Waals surface area contributed by atoms with Crippen LogP contribution in [0.25, 0.3) is 0 Å². The Labute approximate surface area is 60.9 Å². The van der Waals surface area contributed by atoms with Gasteiger partial charge in [-0.1, -0.05) is 25.3 Å². The largest absolute Gasteiger partial charge is 0.349 e. The molecule has 0 heterocycles. The quantitative estimate of drug-likeness (QED) is 0.350. The number of carbonyl (C=O) groups excluding carboxylic acids is 1. The van der Waals surface area contributed by atoms with Gasteiger partial charge >= 0.3 is 0 Å². The van der Waals surface area contributed by atoms with Crippen molar-refractivity contribution < 1.29 is 4.79 Å². The number of hydrogen-bond acceptors (Lipinski definition) is 1. The summed E-state index contributed by atoms with van der Waals surface area (Å²) < 4.78 is 0. The third-order valence-corrected chi connectivity index (χ3v) is 0.945. The number of amides is 1. The summed E-state index contributed by atoms with van der Waals surface area (Å²) in [4.78, 5) is 10.8. The van der Waals surface area contributed by atoms with E-state index in [0.29, 0.717) is 12.1 Å². The van der Waals surface area contributed by atoms with Crippen LogP contribution in [0.4, 0.5) is 0 Å². The zero-order chi connectivity index (χ0) is 7.98. The Morgan fingerprint density at radius 1 is 1.50 bits per heavy atom. The molecular formula is C8H11NO. The van der Waals surface area contributed by atoms with Crippen molar-refractivity contribution in [1.82, 2.24) is 5.32 Å². The minimum atomic E-state index is -0.199.